The summed E-state index contributed by atoms with van der Waals surface area (Å²) in [4.78, 5) is 0. The standard InChI is InChI=1S/C25H21P2.ClH.Pd/c1-5-13-22(14-6-1)26(23-15-7-2-8-16-23)21-27(24-17-9-3-10-18-24)25-19-11-4-12-20-25;;/h1-21H;1H;/q-1;;+2/p-1. The van der Waals surface area contributed by atoms with E-state index in [-0.39, 0.29) is 0 Å². The fourth-order valence-electron chi connectivity index (χ4n) is 3.03. The third-order valence-electron chi connectivity index (χ3n) is 4.37. The quantitative estimate of drug-likeness (QED) is 0.163. The summed E-state index contributed by atoms with van der Waals surface area (Å²) in [5.74, 6) is 2.61. The van der Waals surface area contributed by atoms with E-state index in [4.69, 9.17) is 0 Å². The molecule has 4 aromatic carbocycles. The molecule has 4 aromatic rings. The average molecular weight is 525 g/mol. The van der Waals surface area contributed by atoms with Crippen LogP contribution >= 0.6 is 25.4 Å². The Kier molecular flexibility index (Phi) is 9.57. The molecular formula is C25H21ClP2Pd. The van der Waals surface area contributed by atoms with Crippen molar-refractivity contribution in [3.05, 3.63) is 127 Å². The van der Waals surface area contributed by atoms with E-state index in [2.05, 4.69) is 155 Å². The molecule has 148 valence electrons. The molecule has 0 aliphatic rings. The zero-order valence-electron chi connectivity index (χ0n) is 15.7. The second-order valence-corrected chi connectivity index (χ2v) is 10.7. The number of rotatable bonds is 6. The van der Waals surface area contributed by atoms with Gasteiger partial charge in [-0.05, 0) is 0 Å². The van der Waals surface area contributed by atoms with E-state index in [0.717, 1.165) is 0 Å². The van der Waals surface area contributed by atoms with E-state index >= 15 is 0 Å². The maximum absolute atomic E-state index is 4.49. The van der Waals surface area contributed by atoms with Crippen LogP contribution < -0.4 is 21.2 Å². The summed E-state index contributed by atoms with van der Waals surface area (Å²) in [5.41, 5.74) is 0. The molecule has 4 rings (SSSR count). The summed E-state index contributed by atoms with van der Waals surface area (Å²) >= 11 is 2.22. The zero-order chi connectivity index (χ0) is 20.3. The van der Waals surface area contributed by atoms with E-state index in [1.54, 1.807) is 0 Å². The Morgan fingerprint density at radius 1 is 0.414 bits per heavy atom. The van der Waals surface area contributed by atoms with Crippen LogP contribution in [-0.2, 0) is 18.2 Å². The van der Waals surface area contributed by atoms with Crippen LogP contribution in [0.3, 0.4) is 0 Å². The molecule has 0 unspecified atom stereocenters. The van der Waals surface area contributed by atoms with E-state index in [0.29, 0.717) is 0 Å². The van der Waals surface area contributed by atoms with E-state index < -0.39 is 15.8 Å². The fraction of sp³-hybridized carbons (Fsp3) is 0. The predicted molar refractivity (Wildman–Crippen MR) is 128 cm³/mol. The van der Waals surface area contributed by atoms with Gasteiger partial charge in [0, 0.05) is 0 Å². The summed E-state index contributed by atoms with van der Waals surface area (Å²) in [6.45, 7) is 0. The van der Waals surface area contributed by atoms with Crippen LogP contribution in [-0.4, -0.2) is 0 Å². The second kappa shape index (κ2) is 12.4. The van der Waals surface area contributed by atoms with Crippen molar-refractivity contribution >= 4 is 46.6 Å². The maximum atomic E-state index is 4.49. The number of hydrogen-bond acceptors (Lipinski definition) is 0. The summed E-state index contributed by atoms with van der Waals surface area (Å²) in [5, 5.41) is 5.60. The third kappa shape index (κ3) is 6.33. The van der Waals surface area contributed by atoms with Crippen LogP contribution in [0.25, 0.3) is 0 Å². The third-order valence-corrected chi connectivity index (χ3v) is 9.63. The molecule has 0 saturated heterocycles. The summed E-state index contributed by atoms with van der Waals surface area (Å²) in [6.07, 6.45) is 0. The van der Waals surface area contributed by atoms with Crippen molar-refractivity contribution in [3.8, 4) is 0 Å². The van der Waals surface area contributed by atoms with Gasteiger partial charge in [0.05, 0.1) is 0 Å². The smallest absolute Gasteiger partial charge is 0.0502 e. The predicted octanol–water partition coefficient (Wildman–Crippen LogP) is 6.06. The monoisotopic (exact) mass is 524 g/mol. The van der Waals surface area contributed by atoms with Crippen LogP contribution in [0.4, 0.5) is 0 Å². The molecule has 0 atom stereocenters. The van der Waals surface area contributed by atoms with Gasteiger partial charge >= 0.3 is 27.7 Å². The zero-order valence-corrected chi connectivity index (χ0v) is 19.8. The molecule has 0 radical (unpaired) electrons. The van der Waals surface area contributed by atoms with Crippen molar-refractivity contribution in [2.24, 2.45) is 0 Å². The van der Waals surface area contributed by atoms with Crippen LogP contribution in [0.1, 0.15) is 0 Å². The SMILES string of the molecule is [Cl][Pd+].c1ccc(P([CH-]P(c2ccccc2)c2ccccc2)c2ccccc2)cc1. The molecule has 0 aromatic heterocycles. The van der Waals surface area contributed by atoms with Crippen LogP contribution in [0.15, 0.2) is 121 Å². The molecule has 0 spiro atoms. The first-order valence-corrected chi connectivity index (χ1v) is 14.0. The molecule has 0 nitrogen and oxygen atoms in total. The van der Waals surface area contributed by atoms with Crippen molar-refractivity contribution < 1.29 is 18.2 Å². The molecule has 0 saturated carbocycles. The summed E-state index contributed by atoms with van der Waals surface area (Å²) < 4.78 is 0. The number of benzene rings is 4. The minimum atomic E-state index is -0.534. The fourth-order valence-corrected chi connectivity index (χ4v) is 8.66. The Morgan fingerprint density at radius 3 is 0.828 bits per heavy atom. The van der Waals surface area contributed by atoms with Gasteiger partial charge in [0.2, 0.25) is 0 Å². The first-order chi connectivity index (χ1) is 14.4. The number of hydrogen-bond donors (Lipinski definition) is 0. The maximum Gasteiger partial charge on any atom is -0.0502 e. The van der Waals surface area contributed by atoms with Gasteiger partial charge in [0.1, 0.15) is 0 Å². The van der Waals surface area contributed by atoms with E-state index in [9.17, 15) is 0 Å². The average Bonchev–Trinajstić information content (AvgIpc) is 2.83. The van der Waals surface area contributed by atoms with Gasteiger partial charge < -0.3 is 0 Å². The summed E-state index contributed by atoms with van der Waals surface area (Å²) in [6, 6.07) is 43.7. The molecule has 0 aliphatic heterocycles. The largest absolute Gasteiger partial charge is 0.259 e. The topological polar surface area (TPSA) is 0 Å². The van der Waals surface area contributed by atoms with Crippen molar-refractivity contribution in [2.75, 3.05) is 0 Å². The van der Waals surface area contributed by atoms with Gasteiger partial charge in [-0.2, -0.15) is 15.8 Å². The van der Waals surface area contributed by atoms with E-state index in [1.165, 1.54) is 21.2 Å². The molecule has 29 heavy (non-hydrogen) atoms. The Labute approximate surface area is 191 Å². The van der Waals surface area contributed by atoms with Gasteiger partial charge in [-0.1, -0.05) is 143 Å². The summed E-state index contributed by atoms with van der Waals surface area (Å²) in [7, 11) is 3.42. The van der Waals surface area contributed by atoms with Crippen molar-refractivity contribution in [3.63, 3.8) is 0 Å². The molecular weight excluding hydrogens is 504 g/mol. The Hall–Kier alpha value is -1.31. The van der Waals surface area contributed by atoms with Gasteiger partial charge in [-0.3, -0.25) is 5.90 Å². The minimum Gasteiger partial charge on any atom is -0.259 e. The second-order valence-electron chi connectivity index (χ2n) is 6.20. The van der Waals surface area contributed by atoms with Crippen molar-refractivity contribution in [2.45, 2.75) is 0 Å². The van der Waals surface area contributed by atoms with Gasteiger partial charge in [-0.25, -0.2) is 0 Å². The Bertz CT molecular complexity index is 791. The molecule has 0 heterocycles. The van der Waals surface area contributed by atoms with Gasteiger partial charge in [-0.15, -0.1) is 0 Å². The van der Waals surface area contributed by atoms with Crippen LogP contribution in [0.5, 0.6) is 0 Å². The van der Waals surface area contributed by atoms with Crippen LogP contribution in [0.2, 0.25) is 0 Å². The van der Waals surface area contributed by atoms with E-state index in [1.807, 2.05) is 0 Å². The molecule has 0 bridgehead atoms. The Balaban J connectivity index is 0.00000117. The number of halogens is 1. The van der Waals surface area contributed by atoms with Gasteiger partial charge in [0.15, 0.2) is 0 Å². The molecule has 0 aliphatic carbocycles. The molecule has 0 amide bonds. The Morgan fingerprint density at radius 2 is 0.621 bits per heavy atom. The first-order valence-electron chi connectivity index (χ1n) is 9.17. The molecule has 4 heteroatoms. The van der Waals surface area contributed by atoms with Crippen LogP contribution in [0, 0.1) is 5.90 Å². The first kappa shape index (κ1) is 22.4. The normalized spacial score (nSPS) is 10.5. The van der Waals surface area contributed by atoms with Crippen molar-refractivity contribution in [1.29, 1.82) is 0 Å². The van der Waals surface area contributed by atoms with Gasteiger partial charge in [0.25, 0.3) is 0 Å². The minimum absolute atomic E-state index is 0.534. The molecule has 0 fully saturated rings. The molecule has 0 N–H and O–H groups in total. The van der Waals surface area contributed by atoms with Crippen molar-refractivity contribution in [1.82, 2.24) is 0 Å².